The van der Waals surface area contributed by atoms with E-state index in [0.29, 0.717) is 0 Å². The number of aromatic nitrogens is 2. The summed E-state index contributed by atoms with van der Waals surface area (Å²) in [5, 5.41) is 10.9. The van der Waals surface area contributed by atoms with E-state index in [4.69, 9.17) is 11.6 Å². The molecule has 0 aromatic carbocycles. The Morgan fingerprint density at radius 2 is 2.29 bits per heavy atom. The molecule has 0 aliphatic carbocycles. The molecule has 0 saturated carbocycles. The lowest BCUT2D eigenvalue weighted by Gasteiger charge is -2.25. The molecule has 17 heavy (non-hydrogen) atoms. The average molecular weight is 259 g/mol. The van der Waals surface area contributed by atoms with Crippen molar-refractivity contribution >= 4 is 23.1 Å². The quantitative estimate of drug-likeness (QED) is 0.461. The average Bonchev–Trinajstić information content (AvgIpc) is 2.27. The van der Waals surface area contributed by atoms with Crippen LogP contribution in [-0.4, -0.2) is 28.0 Å². The van der Waals surface area contributed by atoms with Gasteiger partial charge in [0.05, 0.1) is 4.92 Å². The molecule has 7 heteroatoms. The third-order valence-electron chi connectivity index (χ3n) is 2.62. The number of anilines is 1. The summed E-state index contributed by atoms with van der Waals surface area (Å²) < 4.78 is 0. The monoisotopic (exact) mass is 258 g/mol. The van der Waals surface area contributed by atoms with Crippen LogP contribution in [0.3, 0.4) is 0 Å². The Morgan fingerprint density at radius 1 is 1.65 bits per heavy atom. The van der Waals surface area contributed by atoms with E-state index in [1.54, 1.807) is 11.9 Å². The molecular weight excluding hydrogens is 244 g/mol. The highest BCUT2D eigenvalue weighted by Crippen LogP contribution is 2.27. The molecule has 0 bridgehead atoms. The van der Waals surface area contributed by atoms with Crippen LogP contribution in [0.25, 0.3) is 0 Å². The molecule has 1 atom stereocenters. The van der Waals surface area contributed by atoms with Crippen LogP contribution in [0.1, 0.15) is 26.7 Å². The van der Waals surface area contributed by atoms with Crippen molar-refractivity contribution in [1.82, 2.24) is 9.97 Å². The summed E-state index contributed by atoms with van der Waals surface area (Å²) in [5.74, 6) is 0.260. The molecule has 0 aliphatic heterocycles. The third kappa shape index (κ3) is 3.26. The van der Waals surface area contributed by atoms with Gasteiger partial charge in [-0.25, -0.2) is 4.98 Å². The number of nitrogens with zero attached hydrogens (tertiary/aromatic N) is 4. The Hall–Kier alpha value is -1.43. The fourth-order valence-electron chi connectivity index (χ4n) is 1.55. The second kappa shape index (κ2) is 5.77. The summed E-state index contributed by atoms with van der Waals surface area (Å²) >= 11 is 5.68. The van der Waals surface area contributed by atoms with Crippen molar-refractivity contribution in [3.8, 4) is 0 Å². The molecule has 1 rings (SSSR count). The molecule has 1 unspecified atom stereocenters. The van der Waals surface area contributed by atoms with Gasteiger partial charge in [0.2, 0.25) is 11.1 Å². The van der Waals surface area contributed by atoms with E-state index >= 15 is 0 Å². The van der Waals surface area contributed by atoms with E-state index in [1.807, 2.05) is 6.92 Å². The molecule has 94 valence electrons. The molecule has 0 N–H and O–H groups in total. The van der Waals surface area contributed by atoms with Gasteiger partial charge in [-0.15, -0.1) is 0 Å². The maximum Gasteiger partial charge on any atom is 0.329 e. The SMILES string of the molecule is CCCC(C)N(C)c1nc(Cl)ncc1[N+](=O)[O-]. The van der Waals surface area contributed by atoms with Crippen molar-refractivity contribution in [2.45, 2.75) is 32.7 Å². The lowest BCUT2D eigenvalue weighted by molar-refractivity contribution is -0.384. The molecule has 1 aromatic rings. The Morgan fingerprint density at radius 3 is 2.82 bits per heavy atom. The van der Waals surface area contributed by atoms with Crippen LogP contribution in [0.15, 0.2) is 6.20 Å². The van der Waals surface area contributed by atoms with E-state index in [-0.39, 0.29) is 22.8 Å². The number of hydrogen-bond donors (Lipinski definition) is 0. The minimum absolute atomic E-state index is 0.0150. The fraction of sp³-hybridized carbons (Fsp3) is 0.600. The lowest BCUT2D eigenvalue weighted by Crippen LogP contribution is -2.30. The molecule has 6 nitrogen and oxygen atoms in total. The Balaban J connectivity index is 3.10. The number of hydrogen-bond acceptors (Lipinski definition) is 5. The Bertz CT molecular complexity index is 413. The van der Waals surface area contributed by atoms with Crippen LogP contribution in [0, 0.1) is 10.1 Å². The first-order valence-electron chi connectivity index (χ1n) is 5.37. The third-order valence-corrected chi connectivity index (χ3v) is 2.80. The van der Waals surface area contributed by atoms with Gasteiger partial charge in [0.15, 0.2) is 0 Å². The van der Waals surface area contributed by atoms with Crippen LogP contribution < -0.4 is 4.90 Å². The lowest BCUT2D eigenvalue weighted by atomic mass is 10.2. The fourth-order valence-corrected chi connectivity index (χ4v) is 1.68. The first kappa shape index (κ1) is 13.6. The van der Waals surface area contributed by atoms with Gasteiger partial charge in [0, 0.05) is 13.1 Å². The molecule has 0 aliphatic rings. The van der Waals surface area contributed by atoms with Crippen molar-refractivity contribution in [3.63, 3.8) is 0 Å². The van der Waals surface area contributed by atoms with E-state index in [2.05, 4.69) is 16.9 Å². The van der Waals surface area contributed by atoms with Gasteiger partial charge in [-0.2, -0.15) is 4.98 Å². The van der Waals surface area contributed by atoms with Crippen LogP contribution in [0.2, 0.25) is 5.28 Å². The number of halogens is 1. The van der Waals surface area contributed by atoms with Crippen LogP contribution in [0.5, 0.6) is 0 Å². The zero-order chi connectivity index (χ0) is 13.0. The standard InChI is InChI=1S/C10H15ClN4O2/c1-4-5-7(2)14(3)9-8(15(16)17)6-12-10(11)13-9/h6-7H,4-5H2,1-3H3. The maximum atomic E-state index is 10.9. The summed E-state index contributed by atoms with van der Waals surface area (Å²) in [4.78, 5) is 19.7. The van der Waals surface area contributed by atoms with Gasteiger partial charge in [-0.1, -0.05) is 13.3 Å². The largest absolute Gasteiger partial charge is 0.351 e. The smallest absolute Gasteiger partial charge is 0.329 e. The summed E-state index contributed by atoms with van der Waals surface area (Å²) in [7, 11) is 1.77. The molecule has 1 aromatic heterocycles. The van der Waals surface area contributed by atoms with E-state index in [1.165, 1.54) is 0 Å². The molecule has 0 radical (unpaired) electrons. The molecular formula is C10H15ClN4O2. The first-order chi connectivity index (χ1) is 7.97. The highest BCUT2D eigenvalue weighted by Gasteiger charge is 2.22. The van der Waals surface area contributed by atoms with Crippen molar-refractivity contribution in [2.24, 2.45) is 0 Å². The summed E-state index contributed by atoms with van der Waals surface area (Å²) in [6, 6.07) is 0.157. The summed E-state index contributed by atoms with van der Waals surface area (Å²) in [6.07, 6.45) is 3.06. The van der Waals surface area contributed by atoms with E-state index < -0.39 is 4.92 Å². The first-order valence-corrected chi connectivity index (χ1v) is 5.75. The highest BCUT2D eigenvalue weighted by molar-refractivity contribution is 6.28. The predicted octanol–water partition coefficient (Wildman–Crippen LogP) is 2.66. The molecule has 1 heterocycles. The second-order valence-corrected chi connectivity index (χ2v) is 4.19. The molecule has 0 spiro atoms. The van der Waals surface area contributed by atoms with Crippen molar-refractivity contribution in [3.05, 3.63) is 21.6 Å². The number of rotatable bonds is 5. The van der Waals surface area contributed by atoms with Gasteiger partial charge in [0.25, 0.3) is 0 Å². The van der Waals surface area contributed by atoms with Crippen molar-refractivity contribution < 1.29 is 4.92 Å². The predicted molar refractivity (Wildman–Crippen MR) is 66.5 cm³/mol. The zero-order valence-corrected chi connectivity index (χ0v) is 10.8. The molecule has 0 amide bonds. The number of nitro groups is 1. The van der Waals surface area contributed by atoms with Gasteiger partial charge in [-0.05, 0) is 24.9 Å². The van der Waals surface area contributed by atoms with Gasteiger partial charge in [0.1, 0.15) is 6.20 Å². The van der Waals surface area contributed by atoms with E-state index in [9.17, 15) is 10.1 Å². The Labute approximate surface area is 105 Å². The topological polar surface area (TPSA) is 72.2 Å². The highest BCUT2D eigenvalue weighted by atomic mass is 35.5. The van der Waals surface area contributed by atoms with Crippen molar-refractivity contribution in [1.29, 1.82) is 0 Å². The normalized spacial score (nSPS) is 12.2. The van der Waals surface area contributed by atoms with Crippen LogP contribution >= 0.6 is 11.6 Å². The van der Waals surface area contributed by atoms with Crippen LogP contribution in [0.4, 0.5) is 11.5 Å². The molecule has 0 saturated heterocycles. The minimum atomic E-state index is -0.499. The van der Waals surface area contributed by atoms with Crippen LogP contribution in [-0.2, 0) is 0 Å². The summed E-state index contributed by atoms with van der Waals surface area (Å²) in [5.41, 5.74) is -0.125. The van der Waals surface area contributed by atoms with Gasteiger partial charge >= 0.3 is 5.69 Å². The zero-order valence-electron chi connectivity index (χ0n) is 10.1. The van der Waals surface area contributed by atoms with Gasteiger partial charge in [-0.3, -0.25) is 10.1 Å². The summed E-state index contributed by atoms with van der Waals surface area (Å²) in [6.45, 7) is 4.05. The second-order valence-electron chi connectivity index (χ2n) is 3.85. The molecule has 0 fully saturated rings. The maximum absolute atomic E-state index is 10.9. The minimum Gasteiger partial charge on any atom is -0.351 e. The van der Waals surface area contributed by atoms with E-state index in [0.717, 1.165) is 19.0 Å². The Kier molecular flexibility index (Phi) is 4.62. The van der Waals surface area contributed by atoms with Gasteiger partial charge < -0.3 is 4.90 Å². The van der Waals surface area contributed by atoms with Crippen molar-refractivity contribution in [2.75, 3.05) is 11.9 Å².